The summed E-state index contributed by atoms with van der Waals surface area (Å²) in [5.74, 6) is 0.546. The van der Waals surface area contributed by atoms with E-state index in [1.807, 2.05) is 0 Å². The van der Waals surface area contributed by atoms with Gasteiger partial charge in [-0.15, -0.1) is 0 Å². The molecule has 0 saturated carbocycles. The van der Waals surface area contributed by atoms with Crippen molar-refractivity contribution >= 4 is 17.5 Å². The molecule has 2 atom stereocenters. The molecule has 2 N–H and O–H groups in total. The smallest absolute Gasteiger partial charge is 0.416 e. The van der Waals surface area contributed by atoms with Crippen LogP contribution in [0.4, 0.5) is 13.2 Å². The maximum atomic E-state index is 12.7. The Kier molecular flexibility index (Phi) is 6.77. The summed E-state index contributed by atoms with van der Waals surface area (Å²) in [6, 6.07) is 6.86. The SMILES string of the molecule is CC[C@@H](NC(=O)Cc1cc(Cl)c2c(c1)OCCO2)[C@@H](O)c1ccc(C(F)(F)F)cc1. The van der Waals surface area contributed by atoms with Crippen LogP contribution < -0.4 is 14.8 Å². The number of hydrogen-bond acceptors (Lipinski definition) is 4. The average Bonchev–Trinajstić information content (AvgIpc) is 2.71. The Labute approximate surface area is 176 Å². The van der Waals surface area contributed by atoms with Crippen molar-refractivity contribution in [2.45, 2.75) is 38.1 Å². The predicted molar refractivity (Wildman–Crippen MR) is 105 cm³/mol. The molecule has 0 bridgehead atoms. The van der Waals surface area contributed by atoms with Crippen molar-refractivity contribution in [2.24, 2.45) is 0 Å². The number of hydrogen-bond donors (Lipinski definition) is 2. The van der Waals surface area contributed by atoms with Gasteiger partial charge in [0.15, 0.2) is 11.5 Å². The molecule has 0 aliphatic carbocycles. The van der Waals surface area contributed by atoms with Crippen LogP contribution in [0.15, 0.2) is 36.4 Å². The van der Waals surface area contributed by atoms with Gasteiger partial charge in [-0.1, -0.05) is 30.7 Å². The number of aliphatic hydroxyl groups is 1. The molecule has 1 aliphatic heterocycles. The lowest BCUT2D eigenvalue weighted by Crippen LogP contribution is -2.39. The quantitative estimate of drug-likeness (QED) is 0.698. The first kappa shape index (κ1) is 22.2. The Morgan fingerprint density at radius 3 is 2.50 bits per heavy atom. The topological polar surface area (TPSA) is 67.8 Å². The van der Waals surface area contributed by atoms with Gasteiger partial charge in [0.05, 0.1) is 29.2 Å². The van der Waals surface area contributed by atoms with Crippen LogP contribution in [-0.2, 0) is 17.4 Å². The van der Waals surface area contributed by atoms with E-state index in [0.29, 0.717) is 41.7 Å². The van der Waals surface area contributed by atoms with Crippen LogP contribution in [0.3, 0.4) is 0 Å². The van der Waals surface area contributed by atoms with Crippen molar-refractivity contribution in [2.75, 3.05) is 13.2 Å². The monoisotopic (exact) mass is 443 g/mol. The molecule has 1 amide bonds. The highest BCUT2D eigenvalue weighted by atomic mass is 35.5. The Balaban J connectivity index is 1.66. The van der Waals surface area contributed by atoms with Gasteiger partial charge in [-0.3, -0.25) is 4.79 Å². The number of fused-ring (bicyclic) bond motifs is 1. The molecule has 1 aliphatic rings. The van der Waals surface area contributed by atoms with E-state index in [1.165, 1.54) is 12.1 Å². The molecule has 3 rings (SSSR count). The first-order chi connectivity index (χ1) is 14.2. The number of benzene rings is 2. The van der Waals surface area contributed by atoms with E-state index < -0.39 is 23.9 Å². The first-order valence-corrected chi connectivity index (χ1v) is 9.79. The van der Waals surface area contributed by atoms with Crippen molar-refractivity contribution in [1.82, 2.24) is 5.32 Å². The number of amides is 1. The van der Waals surface area contributed by atoms with Gasteiger partial charge in [0.25, 0.3) is 0 Å². The van der Waals surface area contributed by atoms with E-state index in [0.717, 1.165) is 12.1 Å². The lowest BCUT2D eigenvalue weighted by Gasteiger charge is -2.24. The number of rotatable bonds is 6. The van der Waals surface area contributed by atoms with E-state index >= 15 is 0 Å². The number of halogens is 4. The number of ether oxygens (including phenoxy) is 2. The van der Waals surface area contributed by atoms with Crippen LogP contribution >= 0.6 is 11.6 Å². The molecule has 0 saturated heterocycles. The van der Waals surface area contributed by atoms with Crippen molar-refractivity contribution in [1.29, 1.82) is 0 Å². The fraction of sp³-hybridized carbons (Fsp3) is 0.381. The Morgan fingerprint density at radius 2 is 1.87 bits per heavy atom. The van der Waals surface area contributed by atoms with E-state index in [2.05, 4.69) is 5.32 Å². The zero-order valence-corrected chi connectivity index (χ0v) is 16.9. The molecule has 162 valence electrons. The van der Waals surface area contributed by atoms with E-state index in [1.54, 1.807) is 19.1 Å². The first-order valence-electron chi connectivity index (χ1n) is 9.41. The molecular formula is C21H21ClF3NO4. The summed E-state index contributed by atoms with van der Waals surface area (Å²) in [6.07, 6.45) is -5.22. The third-order valence-corrected chi connectivity index (χ3v) is 5.05. The summed E-state index contributed by atoms with van der Waals surface area (Å²) in [5.41, 5.74) is 0.101. The molecular weight excluding hydrogens is 423 g/mol. The Bertz CT molecular complexity index is 902. The fourth-order valence-corrected chi connectivity index (χ4v) is 3.50. The highest BCUT2D eigenvalue weighted by Crippen LogP contribution is 2.38. The maximum Gasteiger partial charge on any atom is 0.416 e. The zero-order chi connectivity index (χ0) is 21.9. The fourth-order valence-electron chi connectivity index (χ4n) is 3.22. The molecule has 5 nitrogen and oxygen atoms in total. The second-order valence-electron chi connectivity index (χ2n) is 6.93. The van der Waals surface area contributed by atoms with Gasteiger partial charge in [-0.25, -0.2) is 0 Å². The zero-order valence-electron chi connectivity index (χ0n) is 16.1. The minimum Gasteiger partial charge on any atom is -0.486 e. The summed E-state index contributed by atoms with van der Waals surface area (Å²) in [4.78, 5) is 12.5. The number of nitrogens with one attached hydrogen (secondary N) is 1. The molecule has 2 aromatic rings. The van der Waals surface area contributed by atoms with Gasteiger partial charge in [0.2, 0.25) is 5.91 Å². The predicted octanol–water partition coefficient (Wildman–Crippen LogP) is 4.30. The van der Waals surface area contributed by atoms with Crippen LogP contribution in [0, 0.1) is 0 Å². The normalized spacial score (nSPS) is 15.4. The van der Waals surface area contributed by atoms with Gasteiger partial charge >= 0.3 is 6.18 Å². The number of alkyl halides is 3. The van der Waals surface area contributed by atoms with Gasteiger partial charge < -0.3 is 19.9 Å². The van der Waals surface area contributed by atoms with E-state index in [9.17, 15) is 23.1 Å². The van der Waals surface area contributed by atoms with Crippen LogP contribution in [-0.4, -0.2) is 30.3 Å². The lowest BCUT2D eigenvalue weighted by molar-refractivity contribution is -0.137. The van der Waals surface area contributed by atoms with Crippen molar-refractivity contribution in [3.63, 3.8) is 0 Å². The molecule has 0 spiro atoms. The Hall–Kier alpha value is -2.45. The second kappa shape index (κ2) is 9.14. The molecule has 0 unspecified atom stereocenters. The van der Waals surface area contributed by atoms with E-state index in [4.69, 9.17) is 21.1 Å². The van der Waals surface area contributed by atoms with Crippen LogP contribution in [0.5, 0.6) is 11.5 Å². The van der Waals surface area contributed by atoms with Crippen LogP contribution in [0.2, 0.25) is 5.02 Å². The molecule has 0 fully saturated rings. The van der Waals surface area contributed by atoms with Gasteiger partial charge in [-0.05, 0) is 41.8 Å². The van der Waals surface area contributed by atoms with Crippen molar-refractivity contribution in [3.05, 3.63) is 58.1 Å². The summed E-state index contributed by atoms with van der Waals surface area (Å²) < 4.78 is 49.1. The molecule has 0 aromatic heterocycles. The highest BCUT2D eigenvalue weighted by molar-refractivity contribution is 6.32. The Morgan fingerprint density at radius 1 is 1.20 bits per heavy atom. The van der Waals surface area contributed by atoms with Crippen molar-refractivity contribution in [3.8, 4) is 11.5 Å². The summed E-state index contributed by atoms with van der Waals surface area (Å²) >= 11 is 6.18. The van der Waals surface area contributed by atoms with Gasteiger partial charge in [0, 0.05) is 0 Å². The number of aliphatic hydroxyl groups excluding tert-OH is 1. The summed E-state index contributed by atoms with van der Waals surface area (Å²) in [5, 5.41) is 13.6. The summed E-state index contributed by atoms with van der Waals surface area (Å²) in [6.45, 7) is 2.54. The average molecular weight is 444 g/mol. The van der Waals surface area contributed by atoms with Crippen LogP contribution in [0.25, 0.3) is 0 Å². The highest BCUT2D eigenvalue weighted by Gasteiger charge is 2.31. The number of carbonyl (C=O) groups excluding carboxylic acids is 1. The molecule has 2 aromatic carbocycles. The minimum atomic E-state index is -4.45. The molecule has 0 radical (unpaired) electrons. The molecule has 1 heterocycles. The third kappa shape index (κ3) is 5.17. The molecule has 9 heteroatoms. The molecule has 30 heavy (non-hydrogen) atoms. The number of carbonyl (C=O) groups is 1. The maximum absolute atomic E-state index is 12.7. The van der Waals surface area contributed by atoms with Gasteiger partial charge in [-0.2, -0.15) is 13.2 Å². The van der Waals surface area contributed by atoms with Crippen LogP contribution in [0.1, 0.15) is 36.1 Å². The van der Waals surface area contributed by atoms with Gasteiger partial charge in [0.1, 0.15) is 13.2 Å². The minimum absolute atomic E-state index is 0.00735. The summed E-state index contributed by atoms with van der Waals surface area (Å²) in [7, 11) is 0. The standard InChI is InChI=1S/C21H21ClF3NO4/c1-2-16(19(28)13-3-5-14(6-4-13)21(23,24)25)26-18(27)11-12-9-15(22)20-17(10-12)29-7-8-30-20/h3-6,9-10,16,19,28H,2,7-8,11H2,1H3,(H,26,27)/t16-,19+/m1/s1. The largest absolute Gasteiger partial charge is 0.486 e. The lowest BCUT2D eigenvalue weighted by atomic mass is 9.98. The van der Waals surface area contributed by atoms with E-state index in [-0.39, 0.29) is 17.9 Å². The van der Waals surface area contributed by atoms with Crippen molar-refractivity contribution < 1.29 is 32.5 Å². The second-order valence-corrected chi connectivity index (χ2v) is 7.33. The third-order valence-electron chi connectivity index (χ3n) is 4.77.